The van der Waals surface area contributed by atoms with Gasteiger partial charge < -0.3 is 20.6 Å². The van der Waals surface area contributed by atoms with Crippen molar-refractivity contribution >= 4 is 39.3 Å². The van der Waals surface area contributed by atoms with Crippen LogP contribution in [0.2, 0.25) is 0 Å². The number of benzene rings is 2. The average Bonchev–Trinajstić information content (AvgIpc) is 3.44. The van der Waals surface area contributed by atoms with Crippen molar-refractivity contribution in [1.29, 1.82) is 0 Å². The predicted octanol–water partition coefficient (Wildman–Crippen LogP) is 4.57. The smallest absolute Gasteiger partial charge is 0.329 e. The predicted molar refractivity (Wildman–Crippen MR) is 120 cm³/mol. The van der Waals surface area contributed by atoms with Crippen molar-refractivity contribution in [2.24, 2.45) is 0 Å². The van der Waals surface area contributed by atoms with Gasteiger partial charge in [-0.2, -0.15) is 4.98 Å². The van der Waals surface area contributed by atoms with Gasteiger partial charge in [-0.1, -0.05) is 12.1 Å². The van der Waals surface area contributed by atoms with Crippen LogP contribution in [-0.2, 0) is 13.1 Å². The molecule has 3 aromatic heterocycles. The number of anilines is 2. The molecule has 0 saturated heterocycles. The van der Waals surface area contributed by atoms with Gasteiger partial charge in [0.2, 0.25) is 11.8 Å². The number of nitrogens with zero attached hydrogens (tertiary/aromatic N) is 3. The van der Waals surface area contributed by atoms with E-state index < -0.39 is 4.92 Å². The Labute approximate surface area is 176 Å². The monoisotopic (exact) mass is 413 g/mol. The van der Waals surface area contributed by atoms with E-state index in [9.17, 15) is 10.1 Å². The fourth-order valence-corrected chi connectivity index (χ4v) is 3.52. The zero-order valence-electron chi connectivity index (χ0n) is 16.4. The zero-order chi connectivity index (χ0) is 21.2. The van der Waals surface area contributed by atoms with Gasteiger partial charge in [-0.25, -0.2) is 4.98 Å². The standard InChI is InChI=1S/C22H19N7O2/c30-29(31)20-13-27-22(26-12-15-2-4-19-17(10-15)6-8-24-19)28-21(20)25-11-14-1-3-18-16(9-14)5-7-23-18/h1-10,13,23-24H,11-12H2,(H2,25,26,27,28). The van der Waals surface area contributed by atoms with Crippen LogP contribution in [0.5, 0.6) is 0 Å². The highest BCUT2D eigenvalue weighted by molar-refractivity contribution is 5.80. The van der Waals surface area contributed by atoms with E-state index in [0.717, 1.165) is 32.9 Å². The van der Waals surface area contributed by atoms with Gasteiger partial charge in [-0.05, 0) is 58.3 Å². The van der Waals surface area contributed by atoms with Gasteiger partial charge in [0, 0.05) is 36.5 Å². The van der Waals surface area contributed by atoms with Crippen molar-refractivity contribution in [2.45, 2.75) is 13.1 Å². The number of hydrogen-bond acceptors (Lipinski definition) is 6. The van der Waals surface area contributed by atoms with E-state index in [1.165, 1.54) is 6.20 Å². The first-order chi connectivity index (χ1) is 15.2. The van der Waals surface area contributed by atoms with Crippen molar-refractivity contribution < 1.29 is 4.92 Å². The fourth-order valence-electron chi connectivity index (χ4n) is 3.52. The van der Waals surface area contributed by atoms with Gasteiger partial charge in [0.05, 0.1) is 4.92 Å². The molecular weight excluding hydrogens is 394 g/mol. The second-order valence-electron chi connectivity index (χ2n) is 7.19. The lowest BCUT2D eigenvalue weighted by molar-refractivity contribution is -0.384. The summed E-state index contributed by atoms with van der Waals surface area (Å²) in [5.41, 5.74) is 4.00. The summed E-state index contributed by atoms with van der Waals surface area (Å²) in [5, 5.41) is 19.8. The van der Waals surface area contributed by atoms with Gasteiger partial charge >= 0.3 is 5.69 Å². The molecule has 9 heteroatoms. The largest absolute Gasteiger partial charge is 0.361 e. The average molecular weight is 413 g/mol. The molecule has 0 spiro atoms. The number of nitrogens with one attached hydrogen (secondary N) is 4. The maximum atomic E-state index is 11.4. The van der Waals surface area contributed by atoms with Crippen LogP contribution in [-0.4, -0.2) is 24.9 Å². The number of fused-ring (bicyclic) bond motifs is 2. The lowest BCUT2D eigenvalue weighted by Gasteiger charge is -2.10. The molecule has 4 N–H and O–H groups in total. The second kappa shape index (κ2) is 7.79. The molecule has 0 aliphatic heterocycles. The van der Waals surface area contributed by atoms with Crippen LogP contribution in [0.25, 0.3) is 21.8 Å². The summed E-state index contributed by atoms with van der Waals surface area (Å²) in [6.45, 7) is 0.908. The Balaban J connectivity index is 1.32. The highest BCUT2D eigenvalue weighted by Gasteiger charge is 2.17. The van der Waals surface area contributed by atoms with Crippen LogP contribution in [0.4, 0.5) is 17.5 Å². The Bertz CT molecular complexity index is 1390. The SMILES string of the molecule is O=[N+]([O-])c1cnc(NCc2ccc3[nH]ccc3c2)nc1NCc1ccc2[nH]ccc2c1. The third kappa shape index (κ3) is 3.88. The maximum absolute atomic E-state index is 11.4. The van der Waals surface area contributed by atoms with Gasteiger partial charge in [0.15, 0.2) is 0 Å². The molecule has 2 aromatic carbocycles. The Hall–Kier alpha value is -4.40. The molecule has 0 saturated carbocycles. The fraction of sp³-hybridized carbons (Fsp3) is 0.0909. The number of aromatic nitrogens is 4. The number of nitro groups is 1. The van der Waals surface area contributed by atoms with E-state index in [0.29, 0.717) is 19.0 Å². The zero-order valence-corrected chi connectivity index (χ0v) is 16.4. The molecule has 0 aliphatic rings. The second-order valence-corrected chi connectivity index (χ2v) is 7.19. The van der Waals surface area contributed by atoms with Crippen molar-refractivity contribution in [2.75, 3.05) is 10.6 Å². The Morgan fingerprint density at radius 2 is 1.48 bits per heavy atom. The van der Waals surface area contributed by atoms with Crippen molar-refractivity contribution in [3.8, 4) is 0 Å². The van der Waals surface area contributed by atoms with E-state index in [1.807, 2.05) is 54.9 Å². The summed E-state index contributed by atoms with van der Waals surface area (Å²) in [5.74, 6) is 0.501. The first kappa shape index (κ1) is 18.6. The van der Waals surface area contributed by atoms with Crippen LogP contribution >= 0.6 is 0 Å². The van der Waals surface area contributed by atoms with Crippen LogP contribution in [0.1, 0.15) is 11.1 Å². The lowest BCUT2D eigenvalue weighted by Crippen LogP contribution is -2.09. The lowest BCUT2D eigenvalue weighted by atomic mass is 10.1. The van der Waals surface area contributed by atoms with E-state index in [-0.39, 0.29) is 11.5 Å². The Morgan fingerprint density at radius 1 is 0.871 bits per heavy atom. The van der Waals surface area contributed by atoms with Crippen LogP contribution < -0.4 is 10.6 Å². The first-order valence-electron chi connectivity index (χ1n) is 9.77. The molecule has 5 rings (SSSR count). The van der Waals surface area contributed by atoms with Gasteiger partial charge in [-0.15, -0.1) is 0 Å². The number of aromatic amines is 2. The van der Waals surface area contributed by atoms with Crippen LogP contribution in [0.3, 0.4) is 0 Å². The highest BCUT2D eigenvalue weighted by atomic mass is 16.6. The molecule has 5 aromatic rings. The molecule has 0 radical (unpaired) electrons. The minimum atomic E-state index is -0.485. The minimum absolute atomic E-state index is 0.165. The molecule has 31 heavy (non-hydrogen) atoms. The number of rotatable bonds is 7. The molecule has 0 atom stereocenters. The summed E-state index contributed by atoms with van der Waals surface area (Å²) >= 11 is 0. The number of H-pyrrole nitrogens is 2. The van der Waals surface area contributed by atoms with E-state index in [1.54, 1.807) is 0 Å². The van der Waals surface area contributed by atoms with Crippen LogP contribution in [0, 0.1) is 10.1 Å². The highest BCUT2D eigenvalue weighted by Crippen LogP contribution is 2.24. The third-order valence-corrected chi connectivity index (χ3v) is 5.11. The topological polar surface area (TPSA) is 125 Å². The van der Waals surface area contributed by atoms with Gasteiger partial charge in [0.1, 0.15) is 6.20 Å². The summed E-state index contributed by atoms with van der Waals surface area (Å²) in [7, 11) is 0. The molecule has 3 heterocycles. The molecule has 9 nitrogen and oxygen atoms in total. The quantitative estimate of drug-likeness (QED) is 0.229. The molecule has 0 aliphatic carbocycles. The summed E-state index contributed by atoms with van der Waals surface area (Å²) in [4.78, 5) is 25.7. The molecular formula is C22H19N7O2. The van der Waals surface area contributed by atoms with Gasteiger partial charge in [0.25, 0.3) is 0 Å². The molecule has 0 bridgehead atoms. The maximum Gasteiger partial charge on any atom is 0.329 e. The summed E-state index contributed by atoms with van der Waals surface area (Å²) < 4.78 is 0. The van der Waals surface area contributed by atoms with Gasteiger partial charge in [-0.3, -0.25) is 10.1 Å². The van der Waals surface area contributed by atoms with E-state index in [4.69, 9.17) is 0 Å². The Kier molecular flexibility index (Phi) is 4.68. The molecule has 154 valence electrons. The Morgan fingerprint density at radius 3 is 2.10 bits per heavy atom. The summed E-state index contributed by atoms with van der Waals surface area (Å²) in [6.07, 6.45) is 5.00. The van der Waals surface area contributed by atoms with E-state index >= 15 is 0 Å². The molecule has 0 amide bonds. The third-order valence-electron chi connectivity index (χ3n) is 5.11. The molecule has 0 fully saturated rings. The van der Waals surface area contributed by atoms with Crippen molar-refractivity contribution in [1.82, 2.24) is 19.9 Å². The number of hydrogen-bond donors (Lipinski definition) is 4. The first-order valence-corrected chi connectivity index (χ1v) is 9.77. The van der Waals surface area contributed by atoms with E-state index in [2.05, 4.69) is 36.6 Å². The minimum Gasteiger partial charge on any atom is -0.361 e. The molecule has 0 unspecified atom stereocenters. The van der Waals surface area contributed by atoms with Crippen LogP contribution in [0.15, 0.2) is 67.1 Å². The summed E-state index contributed by atoms with van der Waals surface area (Å²) in [6, 6.07) is 16.1. The normalized spacial score (nSPS) is 11.1. The van der Waals surface area contributed by atoms with Crippen molar-refractivity contribution in [3.63, 3.8) is 0 Å². The van der Waals surface area contributed by atoms with Crippen molar-refractivity contribution in [3.05, 3.63) is 88.4 Å².